The maximum atomic E-state index is 6.14. The number of halogens is 2. The van der Waals surface area contributed by atoms with E-state index in [2.05, 4.69) is 4.72 Å². The Kier molecular flexibility index (Phi) is 9.10. The minimum Gasteiger partial charge on any atom is -0.493 e. The van der Waals surface area contributed by atoms with Crippen LogP contribution in [0.25, 0.3) is 12.2 Å². The molecule has 0 aliphatic carbocycles. The van der Waals surface area contributed by atoms with Gasteiger partial charge in [-0.25, -0.2) is 0 Å². The average molecular weight is 522 g/mol. The topological polar surface area (TPSA) is 58.2 Å². The van der Waals surface area contributed by atoms with Crippen molar-refractivity contribution in [3.05, 3.63) is 63.6 Å². The van der Waals surface area contributed by atoms with Crippen LogP contribution in [0.15, 0.2) is 47.4 Å². The van der Waals surface area contributed by atoms with Crippen molar-refractivity contribution in [3.8, 4) is 28.7 Å². The highest BCUT2D eigenvalue weighted by molar-refractivity contribution is 8.00. The van der Waals surface area contributed by atoms with Gasteiger partial charge in [0.15, 0.2) is 23.0 Å². The lowest BCUT2D eigenvalue weighted by Gasteiger charge is -2.15. The molecule has 9 heteroatoms. The van der Waals surface area contributed by atoms with Crippen molar-refractivity contribution in [1.82, 2.24) is 0 Å². The first-order chi connectivity index (χ1) is 16.4. The summed E-state index contributed by atoms with van der Waals surface area (Å²) >= 11 is 13.5. The van der Waals surface area contributed by atoms with E-state index in [-0.39, 0.29) is 0 Å². The molecule has 0 amide bonds. The van der Waals surface area contributed by atoms with Crippen molar-refractivity contribution in [2.24, 2.45) is 0 Å². The summed E-state index contributed by atoms with van der Waals surface area (Å²) in [5.41, 5.74) is 2.51. The second-order valence-corrected chi connectivity index (χ2v) is 8.57. The molecule has 0 bridgehead atoms. The van der Waals surface area contributed by atoms with Gasteiger partial charge in [0.25, 0.3) is 0 Å². The predicted molar refractivity (Wildman–Crippen MR) is 141 cm³/mol. The molecule has 0 heterocycles. The number of anilines is 1. The molecule has 34 heavy (non-hydrogen) atoms. The molecule has 6 nitrogen and oxygen atoms in total. The van der Waals surface area contributed by atoms with E-state index in [1.807, 2.05) is 42.5 Å². The van der Waals surface area contributed by atoms with Crippen LogP contribution in [0.5, 0.6) is 28.7 Å². The van der Waals surface area contributed by atoms with Crippen LogP contribution >= 0.6 is 35.1 Å². The Morgan fingerprint density at radius 3 is 1.68 bits per heavy atom. The van der Waals surface area contributed by atoms with Crippen molar-refractivity contribution in [3.63, 3.8) is 0 Å². The summed E-state index contributed by atoms with van der Waals surface area (Å²) in [5.74, 6) is 2.87. The predicted octanol–water partition coefficient (Wildman–Crippen LogP) is 7.33. The number of nitrogens with one attached hydrogen (secondary N) is 1. The fourth-order valence-electron chi connectivity index (χ4n) is 3.20. The largest absolute Gasteiger partial charge is 0.493 e. The molecule has 0 spiro atoms. The van der Waals surface area contributed by atoms with Crippen LogP contribution < -0.4 is 28.4 Å². The molecule has 1 N–H and O–H groups in total. The molecule has 0 saturated heterocycles. The van der Waals surface area contributed by atoms with Gasteiger partial charge < -0.3 is 28.4 Å². The van der Waals surface area contributed by atoms with Gasteiger partial charge in [-0.15, -0.1) is 0 Å². The molecule has 3 aromatic carbocycles. The van der Waals surface area contributed by atoms with Crippen LogP contribution in [0.1, 0.15) is 11.1 Å². The van der Waals surface area contributed by atoms with Gasteiger partial charge in [0.05, 0.1) is 51.3 Å². The standard InChI is InChI=1S/C25H25Cl2NO5S/c1-29-21-11-15(6-7-16-12-22(30-2)25(33-5)23(13-16)31-3)10-20(24(21)32-4)28-34-17-8-9-18(26)19(27)14-17/h6-14,28H,1-5H3/b7-6-. The molecule has 0 unspecified atom stereocenters. The summed E-state index contributed by atoms with van der Waals surface area (Å²) in [4.78, 5) is 0.897. The lowest BCUT2D eigenvalue weighted by atomic mass is 10.1. The zero-order valence-electron chi connectivity index (χ0n) is 19.4. The van der Waals surface area contributed by atoms with Crippen molar-refractivity contribution in [2.75, 3.05) is 40.3 Å². The molecule has 0 aliphatic rings. The minimum absolute atomic E-state index is 0.486. The number of hydrogen-bond donors (Lipinski definition) is 1. The van der Waals surface area contributed by atoms with Crippen LogP contribution in [0.2, 0.25) is 10.0 Å². The number of ether oxygens (including phenoxy) is 5. The summed E-state index contributed by atoms with van der Waals surface area (Å²) in [5, 5.41) is 0.990. The molecule has 0 radical (unpaired) electrons. The molecular weight excluding hydrogens is 497 g/mol. The summed E-state index contributed by atoms with van der Waals surface area (Å²) in [7, 11) is 7.94. The zero-order valence-corrected chi connectivity index (χ0v) is 21.7. The van der Waals surface area contributed by atoms with E-state index in [0.29, 0.717) is 38.8 Å². The van der Waals surface area contributed by atoms with Crippen LogP contribution in [0, 0.1) is 0 Å². The van der Waals surface area contributed by atoms with Gasteiger partial charge in [-0.1, -0.05) is 35.4 Å². The minimum atomic E-state index is 0.486. The summed E-state index contributed by atoms with van der Waals surface area (Å²) < 4.78 is 30.7. The second-order valence-electron chi connectivity index (χ2n) is 6.88. The Hall–Kier alpha value is -2.87. The summed E-state index contributed by atoms with van der Waals surface area (Å²) in [6, 6.07) is 13.0. The Morgan fingerprint density at radius 1 is 0.647 bits per heavy atom. The van der Waals surface area contributed by atoms with E-state index >= 15 is 0 Å². The maximum Gasteiger partial charge on any atom is 0.203 e. The van der Waals surface area contributed by atoms with Gasteiger partial charge in [-0.2, -0.15) is 0 Å². The zero-order chi connectivity index (χ0) is 24.7. The summed E-state index contributed by atoms with van der Waals surface area (Å²) in [6.45, 7) is 0. The molecule has 3 rings (SSSR count). The highest BCUT2D eigenvalue weighted by Gasteiger charge is 2.14. The first-order valence-electron chi connectivity index (χ1n) is 10.1. The smallest absolute Gasteiger partial charge is 0.203 e. The number of rotatable bonds is 10. The van der Waals surface area contributed by atoms with Gasteiger partial charge in [-0.05, 0) is 65.5 Å². The molecule has 0 aliphatic heterocycles. The van der Waals surface area contributed by atoms with E-state index in [0.717, 1.165) is 21.7 Å². The lowest BCUT2D eigenvalue weighted by molar-refractivity contribution is 0.324. The Labute approximate surface area is 213 Å². The summed E-state index contributed by atoms with van der Waals surface area (Å²) in [6.07, 6.45) is 3.90. The van der Waals surface area contributed by atoms with Gasteiger partial charge in [0, 0.05) is 4.90 Å². The molecule has 0 fully saturated rings. The third kappa shape index (κ3) is 5.97. The average Bonchev–Trinajstić information content (AvgIpc) is 2.86. The van der Waals surface area contributed by atoms with Crippen molar-refractivity contribution >= 4 is 53.0 Å². The Balaban J connectivity index is 1.93. The fourth-order valence-corrected chi connectivity index (χ4v) is 4.26. The molecule has 3 aromatic rings. The van der Waals surface area contributed by atoms with Crippen LogP contribution in [-0.2, 0) is 0 Å². The van der Waals surface area contributed by atoms with E-state index in [9.17, 15) is 0 Å². The third-order valence-corrected chi connectivity index (χ3v) is 6.38. The van der Waals surface area contributed by atoms with Crippen molar-refractivity contribution in [1.29, 1.82) is 0 Å². The van der Waals surface area contributed by atoms with Gasteiger partial charge in [0.1, 0.15) is 0 Å². The van der Waals surface area contributed by atoms with Crippen LogP contribution in [0.3, 0.4) is 0 Å². The number of methoxy groups -OCH3 is 5. The van der Waals surface area contributed by atoms with E-state index in [1.54, 1.807) is 47.7 Å². The highest BCUT2D eigenvalue weighted by atomic mass is 35.5. The molecule has 180 valence electrons. The maximum absolute atomic E-state index is 6.14. The first kappa shape index (κ1) is 25.7. The van der Waals surface area contributed by atoms with Gasteiger partial charge >= 0.3 is 0 Å². The molecular formula is C25H25Cl2NO5S. The third-order valence-electron chi connectivity index (χ3n) is 4.83. The first-order valence-corrected chi connectivity index (χ1v) is 11.6. The lowest BCUT2D eigenvalue weighted by Crippen LogP contribution is -1.97. The van der Waals surface area contributed by atoms with E-state index in [4.69, 9.17) is 46.9 Å². The molecule has 0 aromatic heterocycles. The Bertz CT molecular complexity index is 1160. The second kappa shape index (κ2) is 12.0. The quantitative estimate of drug-likeness (QED) is 0.221. The molecule has 0 saturated carbocycles. The Morgan fingerprint density at radius 2 is 1.18 bits per heavy atom. The highest BCUT2D eigenvalue weighted by Crippen LogP contribution is 2.41. The molecule has 0 atom stereocenters. The van der Waals surface area contributed by atoms with E-state index < -0.39 is 0 Å². The van der Waals surface area contributed by atoms with Crippen molar-refractivity contribution < 1.29 is 23.7 Å². The van der Waals surface area contributed by atoms with Gasteiger partial charge in [0.2, 0.25) is 5.75 Å². The van der Waals surface area contributed by atoms with Crippen molar-refractivity contribution in [2.45, 2.75) is 4.90 Å². The number of hydrogen-bond acceptors (Lipinski definition) is 7. The number of benzene rings is 3. The van der Waals surface area contributed by atoms with Crippen LogP contribution in [-0.4, -0.2) is 35.5 Å². The normalized spacial score (nSPS) is 10.8. The monoisotopic (exact) mass is 521 g/mol. The fraction of sp³-hybridized carbons (Fsp3) is 0.200. The SMILES string of the molecule is COc1cc(/C=C\c2cc(OC)c(OC)c(OC)c2)cc(NSc2ccc(Cl)c(Cl)c2)c1OC. The van der Waals surface area contributed by atoms with Crippen LogP contribution in [0.4, 0.5) is 5.69 Å². The van der Waals surface area contributed by atoms with Gasteiger partial charge in [-0.3, -0.25) is 0 Å². The van der Waals surface area contributed by atoms with E-state index in [1.165, 1.54) is 11.9 Å².